The van der Waals surface area contributed by atoms with Crippen molar-refractivity contribution in [1.82, 2.24) is 4.90 Å². The molecule has 0 radical (unpaired) electrons. The van der Waals surface area contributed by atoms with Gasteiger partial charge in [0.25, 0.3) is 0 Å². The van der Waals surface area contributed by atoms with Gasteiger partial charge in [0.15, 0.2) is 40.3 Å². The minimum absolute atomic E-state index is 0.00922. The number of aromatic hydroxyl groups is 1. The second-order valence-corrected chi connectivity index (χ2v) is 12.5. The summed E-state index contributed by atoms with van der Waals surface area (Å²) in [5.74, 6) is -0.399. The standard InChI is InChI=1S/C40H45NO14/c1-21(42)54-40-33(50-6)13-23(14-34(40)51-7)27(19-35(44)52-8)38-37(45)28(43)17-25(55-38)20-41-11-10-22-12-29(46-2)30(47-3)18-26(22)36(41)24-15-31(48-4)39(53-9)32(16-24)49-5/h12-18,27,36,45H,10-11,19-20H2,1-9H3/t27-,36-/m1/s1. The Kier molecular flexibility index (Phi) is 12.7. The van der Waals surface area contributed by atoms with Crippen LogP contribution >= 0.6 is 0 Å². The molecule has 55 heavy (non-hydrogen) atoms. The van der Waals surface area contributed by atoms with Gasteiger partial charge in [0, 0.05) is 19.5 Å². The lowest BCUT2D eigenvalue weighted by molar-refractivity contribution is -0.141. The molecule has 4 aromatic rings. The summed E-state index contributed by atoms with van der Waals surface area (Å²) in [4.78, 5) is 40.4. The number of rotatable bonds is 15. The molecule has 0 amide bonds. The van der Waals surface area contributed by atoms with Crippen LogP contribution in [0, 0.1) is 0 Å². The number of methoxy groups -OCH3 is 8. The lowest BCUT2D eigenvalue weighted by Crippen LogP contribution is -2.36. The van der Waals surface area contributed by atoms with Crippen LogP contribution in [-0.4, -0.2) is 85.4 Å². The molecule has 0 saturated heterocycles. The van der Waals surface area contributed by atoms with Crippen LogP contribution in [0.2, 0.25) is 0 Å². The van der Waals surface area contributed by atoms with Crippen molar-refractivity contribution in [2.75, 3.05) is 63.4 Å². The molecule has 0 unspecified atom stereocenters. The Morgan fingerprint density at radius 1 is 0.764 bits per heavy atom. The van der Waals surface area contributed by atoms with Crippen molar-refractivity contribution >= 4 is 11.9 Å². The zero-order valence-electron chi connectivity index (χ0n) is 32.2. The van der Waals surface area contributed by atoms with Gasteiger partial charge >= 0.3 is 11.9 Å². The van der Waals surface area contributed by atoms with Crippen LogP contribution in [0.25, 0.3) is 0 Å². The van der Waals surface area contributed by atoms with Crippen molar-refractivity contribution in [2.24, 2.45) is 0 Å². The van der Waals surface area contributed by atoms with Crippen LogP contribution in [0.15, 0.2) is 51.7 Å². The molecule has 0 bridgehead atoms. The molecule has 2 heterocycles. The molecule has 1 aromatic heterocycles. The highest BCUT2D eigenvalue weighted by atomic mass is 16.6. The summed E-state index contributed by atoms with van der Waals surface area (Å²) in [7, 11) is 11.7. The maximum Gasteiger partial charge on any atom is 0.308 e. The number of nitrogens with zero attached hydrogens (tertiary/aromatic N) is 1. The molecule has 1 N–H and O–H groups in total. The van der Waals surface area contributed by atoms with Gasteiger partial charge in [-0.2, -0.15) is 0 Å². The van der Waals surface area contributed by atoms with E-state index in [1.165, 1.54) is 67.8 Å². The van der Waals surface area contributed by atoms with E-state index in [0.717, 1.165) is 16.7 Å². The molecule has 0 aliphatic carbocycles. The number of hydrogen-bond donors (Lipinski definition) is 1. The van der Waals surface area contributed by atoms with Crippen LogP contribution in [0.4, 0.5) is 0 Å². The summed E-state index contributed by atoms with van der Waals surface area (Å²) in [6.45, 7) is 1.81. The fourth-order valence-electron chi connectivity index (χ4n) is 6.84. The highest BCUT2D eigenvalue weighted by molar-refractivity contribution is 5.74. The maximum absolute atomic E-state index is 13.5. The number of hydrogen-bond acceptors (Lipinski definition) is 15. The number of carbonyl (C=O) groups excluding carboxylic acids is 2. The summed E-state index contributed by atoms with van der Waals surface area (Å²) in [5.41, 5.74) is 2.30. The molecule has 1 aliphatic rings. The van der Waals surface area contributed by atoms with E-state index in [0.29, 0.717) is 47.3 Å². The van der Waals surface area contributed by atoms with E-state index in [-0.39, 0.29) is 41.7 Å². The van der Waals surface area contributed by atoms with Crippen LogP contribution < -0.4 is 43.3 Å². The predicted molar refractivity (Wildman–Crippen MR) is 198 cm³/mol. The second kappa shape index (κ2) is 17.4. The highest BCUT2D eigenvalue weighted by Crippen LogP contribution is 2.47. The third-order valence-electron chi connectivity index (χ3n) is 9.38. The monoisotopic (exact) mass is 763 g/mol. The lowest BCUT2D eigenvalue weighted by atomic mass is 9.87. The summed E-state index contributed by atoms with van der Waals surface area (Å²) in [5, 5.41) is 11.2. The van der Waals surface area contributed by atoms with Crippen LogP contribution in [0.5, 0.6) is 51.7 Å². The minimum atomic E-state index is -1.07. The molecule has 294 valence electrons. The Morgan fingerprint density at radius 3 is 1.85 bits per heavy atom. The molecular weight excluding hydrogens is 718 g/mol. The van der Waals surface area contributed by atoms with Gasteiger partial charge in [-0.25, -0.2) is 0 Å². The molecule has 2 atom stereocenters. The largest absolute Gasteiger partial charge is 0.502 e. The Balaban J connectivity index is 1.67. The Bertz CT molecular complexity index is 2060. The van der Waals surface area contributed by atoms with E-state index in [9.17, 15) is 19.5 Å². The number of fused-ring (bicyclic) bond motifs is 1. The third-order valence-corrected chi connectivity index (χ3v) is 9.38. The SMILES string of the molecule is COC(=O)C[C@H](c1cc(OC)c(OC(C)=O)c(OC)c1)c1oc(CN2CCc3cc(OC)c(OC)cc3[C@H]2c2cc(OC)c(OC)c(OC)c2)cc(=O)c1O. The zero-order valence-corrected chi connectivity index (χ0v) is 32.2. The van der Waals surface area contributed by atoms with Crippen molar-refractivity contribution in [3.8, 4) is 51.7 Å². The van der Waals surface area contributed by atoms with E-state index in [1.807, 2.05) is 24.3 Å². The van der Waals surface area contributed by atoms with Crippen molar-refractivity contribution in [2.45, 2.75) is 38.3 Å². The molecule has 1 aliphatic heterocycles. The molecule has 0 saturated carbocycles. The second-order valence-electron chi connectivity index (χ2n) is 12.5. The van der Waals surface area contributed by atoms with Crippen molar-refractivity contribution in [3.05, 3.63) is 86.5 Å². The summed E-state index contributed by atoms with van der Waals surface area (Å²) < 4.78 is 56.1. The van der Waals surface area contributed by atoms with Crippen molar-refractivity contribution in [3.63, 3.8) is 0 Å². The molecule has 0 fully saturated rings. The first-order valence-electron chi connectivity index (χ1n) is 17.1. The first-order chi connectivity index (χ1) is 26.4. The number of carbonyl (C=O) groups is 2. The first-order valence-corrected chi connectivity index (χ1v) is 17.1. The van der Waals surface area contributed by atoms with Gasteiger partial charge in [0.2, 0.25) is 22.7 Å². The summed E-state index contributed by atoms with van der Waals surface area (Å²) in [6.07, 6.45) is 0.257. The number of benzene rings is 3. The Labute approximate surface area is 318 Å². The Hall–Kier alpha value is -6.09. The lowest BCUT2D eigenvalue weighted by Gasteiger charge is -2.38. The van der Waals surface area contributed by atoms with Crippen LogP contribution in [0.1, 0.15) is 59.1 Å². The van der Waals surface area contributed by atoms with Gasteiger partial charge < -0.3 is 52.2 Å². The van der Waals surface area contributed by atoms with Gasteiger partial charge in [0.1, 0.15) is 5.76 Å². The minimum Gasteiger partial charge on any atom is -0.502 e. The quantitative estimate of drug-likeness (QED) is 0.124. The molecule has 15 nitrogen and oxygen atoms in total. The van der Waals surface area contributed by atoms with Crippen LogP contribution in [-0.2, 0) is 27.3 Å². The van der Waals surface area contributed by atoms with Gasteiger partial charge in [-0.3, -0.25) is 19.3 Å². The van der Waals surface area contributed by atoms with E-state index in [2.05, 4.69) is 4.90 Å². The van der Waals surface area contributed by atoms with Gasteiger partial charge in [-0.15, -0.1) is 0 Å². The average Bonchev–Trinajstić information content (AvgIpc) is 3.19. The molecule has 5 rings (SSSR count). The zero-order chi connectivity index (χ0) is 40.0. The smallest absolute Gasteiger partial charge is 0.308 e. The van der Waals surface area contributed by atoms with E-state index in [4.69, 9.17) is 47.0 Å². The predicted octanol–water partition coefficient (Wildman–Crippen LogP) is 5.17. The fraction of sp³-hybridized carbons (Fsp3) is 0.375. The van der Waals surface area contributed by atoms with Crippen molar-refractivity contribution < 1.29 is 61.7 Å². The highest BCUT2D eigenvalue weighted by Gasteiger charge is 2.34. The summed E-state index contributed by atoms with van der Waals surface area (Å²) in [6, 6.07) is 11.3. The summed E-state index contributed by atoms with van der Waals surface area (Å²) >= 11 is 0. The maximum atomic E-state index is 13.5. The third kappa shape index (κ3) is 8.21. The molecular formula is C40H45NO14. The van der Waals surface area contributed by atoms with Crippen LogP contribution in [0.3, 0.4) is 0 Å². The van der Waals surface area contributed by atoms with Gasteiger partial charge in [0.05, 0.1) is 81.8 Å². The van der Waals surface area contributed by atoms with Crippen molar-refractivity contribution in [1.29, 1.82) is 0 Å². The normalized spacial score (nSPS) is 14.2. The molecule has 0 spiro atoms. The van der Waals surface area contributed by atoms with Gasteiger partial charge in [-0.1, -0.05) is 0 Å². The molecule has 3 aromatic carbocycles. The number of esters is 2. The van der Waals surface area contributed by atoms with E-state index in [1.54, 1.807) is 14.2 Å². The van der Waals surface area contributed by atoms with Gasteiger partial charge in [-0.05, 0) is 65.1 Å². The topological polar surface area (TPSA) is 171 Å². The first kappa shape index (κ1) is 40.1. The van der Waals surface area contributed by atoms with E-state index >= 15 is 0 Å². The fourth-order valence-corrected chi connectivity index (χ4v) is 6.84. The Morgan fingerprint density at radius 2 is 1.33 bits per heavy atom. The molecule has 15 heteroatoms. The number of ether oxygens (including phenoxy) is 9. The average molecular weight is 764 g/mol. The van der Waals surface area contributed by atoms with E-state index < -0.39 is 35.1 Å².